The van der Waals surface area contributed by atoms with Gasteiger partial charge in [0.25, 0.3) is 0 Å². The van der Waals surface area contributed by atoms with Crippen LogP contribution in [-0.4, -0.2) is 27.0 Å². The van der Waals surface area contributed by atoms with Crippen molar-refractivity contribution in [2.45, 2.75) is 38.0 Å². The molecule has 136 valence electrons. The number of hydrogen-bond acceptors (Lipinski definition) is 3. The molecule has 0 aromatic carbocycles. The Morgan fingerprint density at radius 2 is 2.24 bits per heavy atom. The number of urea groups is 1. The van der Waals surface area contributed by atoms with Gasteiger partial charge in [0, 0.05) is 30.9 Å². The average molecular weight is 372 g/mol. The van der Waals surface area contributed by atoms with Gasteiger partial charge in [0.05, 0.1) is 12.1 Å². The van der Waals surface area contributed by atoms with Gasteiger partial charge in [-0.05, 0) is 31.9 Å². The van der Waals surface area contributed by atoms with E-state index in [0.717, 1.165) is 35.3 Å². The average Bonchev–Trinajstić information content (AvgIpc) is 3.26. The number of halogens is 3. The van der Waals surface area contributed by atoms with Crippen LogP contribution in [-0.2, 0) is 13.2 Å². The molecule has 25 heavy (non-hydrogen) atoms. The molecule has 0 spiro atoms. The lowest BCUT2D eigenvalue weighted by Crippen LogP contribution is -2.41. The first-order valence-electron chi connectivity index (χ1n) is 7.98. The van der Waals surface area contributed by atoms with E-state index in [-0.39, 0.29) is 17.1 Å². The summed E-state index contributed by atoms with van der Waals surface area (Å²) in [5, 5.41) is 3.99. The summed E-state index contributed by atoms with van der Waals surface area (Å²) >= 11 is 0.902. The van der Waals surface area contributed by atoms with Crippen molar-refractivity contribution < 1.29 is 18.0 Å². The fourth-order valence-corrected chi connectivity index (χ4v) is 3.92. The number of hydrogen-bond donors (Lipinski definition) is 1. The summed E-state index contributed by atoms with van der Waals surface area (Å²) in [7, 11) is 1.93. The van der Waals surface area contributed by atoms with Gasteiger partial charge in [-0.15, -0.1) is 11.3 Å². The third kappa shape index (κ3) is 3.65. The number of carbonyl (C=O) groups excluding carboxylic acids is 1. The molecule has 2 atom stereocenters. The third-order valence-corrected chi connectivity index (χ3v) is 5.39. The Morgan fingerprint density at radius 1 is 1.48 bits per heavy atom. The Bertz CT molecular complexity index is 755. The Hall–Kier alpha value is -2.03. The largest absolute Gasteiger partial charge is 0.434 e. The number of aryl methyl sites for hydroxylation is 1. The van der Waals surface area contributed by atoms with Crippen LogP contribution >= 0.6 is 11.3 Å². The van der Waals surface area contributed by atoms with Gasteiger partial charge in [-0.3, -0.25) is 0 Å². The molecule has 9 heteroatoms. The zero-order valence-corrected chi connectivity index (χ0v) is 14.7. The Labute approximate surface area is 147 Å². The molecular formula is C16H19F3N4OS. The number of nitrogens with one attached hydrogen (secondary N) is 1. The van der Waals surface area contributed by atoms with Gasteiger partial charge in [0.15, 0.2) is 5.69 Å². The minimum atomic E-state index is -4.47. The summed E-state index contributed by atoms with van der Waals surface area (Å²) in [6.45, 7) is 2.27. The second-order valence-electron chi connectivity index (χ2n) is 6.14. The maximum absolute atomic E-state index is 12.7. The quantitative estimate of drug-likeness (QED) is 0.882. The molecule has 2 amide bonds. The topological polar surface area (TPSA) is 50.2 Å². The minimum absolute atomic E-state index is 0.0192. The lowest BCUT2D eigenvalue weighted by molar-refractivity contribution is -0.140. The van der Waals surface area contributed by atoms with Crippen molar-refractivity contribution in [1.29, 1.82) is 0 Å². The van der Waals surface area contributed by atoms with E-state index >= 15 is 0 Å². The van der Waals surface area contributed by atoms with Crippen LogP contribution in [0.15, 0.2) is 23.7 Å². The SMILES string of the molecule is CC(NC(=O)N1CCCC1c1cccn1C)c1nc(C(F)(F)F)cs1. The maximum atomic E-state index is 12.7. The smallest absolute Gasteiger partial charge is 0.353 e. The zero-order chi connectivity index (χ0) is 18.2. The van der Waals surface area contributed by atoms with Gasteiger partial charge in [0.1, 0.15) is 5.01 Å². The number of nitrogens with zero attached hydrogens (tertiary/aromatic N) is 3. The van der Waals surface area contributed by atoms with E-state index in [1.807, 2.05) is 29.9 Å². The van der Waals surface area contributed by atoms with Crippen LogP contribution in [0, 0.1) is 0 Å². The summed E-state index contributed by atoms with van der Waals surface area (Å²) < 4.78 is 40.0. The molecule has 3 rings (SSSR count). The molecule has 0 aliphatic carbocycles. The first-order chi connectivity index (χ1) is 11.8. The minimum Gasteiger partial charge on any atom is -0.353 e. The Morgan fingerprint density at radius 3 is 2.84 bits per heavy atom. The van der Waals surface area contributed by atoms with Crippen molar-refractivity contribution >= 4 is 17.4 Å². The van der Waals surface area contributed by atoms with E-state index in [4.69, 9.17) is 0 Å². The molecule has 2 aromatic heterocycles. The van der Waals surface area contributed by atoms with Gasteiger partial charge in [-0.2, -0.15) is 13.2 Å². The Balaban J connectivity index is 1.69. The zero-order valence-electron chi connectivity index (χ0n) is 13.9. The van der Waals surface area contributed by atoms with Crippen LogP contribution in [0.25, 0.3) is 0 Å². The van der Waals surface area contributed by atoms with Crippen LogP contribution in [0.4, 0.5) is 18.0 Å². The molecule has 1 fully saturated rings. The number of aromatic nitrogens is 2. The summed E-state index contributed by atoms with van der Waals surface area (Å²) in [6.07, 6.45) is -0.770. The second kappa shape index (κ2) is 6.70. The van der Waals surface area contributed by atoms with Gasteiger partial charge in [-0.1, -0.05) is 0 Å². The number of alkyl halides is 3. The highest BCUT2D eigenvalue weighted by Crippen LogP contribution is 2.33. The van der Waals surface area contributed by atoms with E-state index in [2.05, 4.69) is 10.3 Å². The molecule has 1 aliphatic rings. The number of amides is 2. The molecular weight excluding hydrogens is 353 g/mol. The van der Waals surface area contributed by atoms with Crippen molar-refractivity contribution in [2.24, 2.45) is 7.05 Å². The predicted octanol–water partition coefficient (Wildman–Crippen LogP) is 4.11. The fraction of sp³-hybridized carbons (Fsp3) is 0.500. The fourth-order valence-electron chi connectivity index (χ4n) is 3.08. The third-order valence-electron chi connectivity index (χ3n) is 4.36. The molecule has 0 saturated carbocycles. The molecule has 3 heterocycles. The normalized spacial score (nSPS) is 19.2. The summed E-state index contributed by atoms with van der Waals surface area (Å²) in [5.41, 5.74) is 0.130. The van der Waals surface area contributed by atoms with E-state index in [0.29, 0.717) is 6.54 Å². The molecule has 0 bridgehead atoms. The van der Waals surface area contributed by atoms with Crippen molar-refractivity contribution in [3.63, 3.8) is 0 Å². The first kappa shape index (κ1) is 17.8. The van der Waals surface area contributed by atoms with Crippen LogP contribution < -0.4 is 5.32 Å². The van der Waals surface area contributed by atoms with Crippen LogP contribution in [0.3, 0.4) is 0 Å². The molecule has 2 aromatic rings. The van der Waals surface area contributed by atoms with Gasteiger partial charge >= 0.3 is 12.2 Å². The second-order valence-corrected chi connectivity index (χ2v) is 7.02. The Kier molecular flexibility index (Phi) is 4.77. The maximum Gasteiger partial charge on any atom is 0.434 e. The predicted molar refractivity (Wildman–Crippen MR) is 88.2 cm³/mol. The number of thiazole rings is 1. The highest BCUT2D eigenvalue weighted by Gasteiger charge is 2.35. The van der Waals surface area contributed by atoms with E-state index in [9.17, 15) is 18.0 Å². The van der Waals surface area contributed by atoms with Crippen LogP contribution in [0.2, 0.25) is 0 Å². The molecule has 1 saturated heterocycles. The summed E-state index contributed by atoms with van der Waals surface area (Å²) in [5.74, 6) is 0. The van der Waals surface area contributed by atoms with Crippen molar-refractivity contribution in [2.75, 3.05) is 6.54 Å². The van der Waals surface area contributed by atoms with Gasteiger partial charge in [0.2, 0.25) is 0 Å². The first-order valence-corrected chi connectivity index (χ1v) is 8.86. The summed E-state index contributed by atoms with van der Waals surface area (Å²) in [4.78, 5) is 18.0. The van der Waals surface area contributed by atoms with Crippen LogP contribution in [0.5, 0.6) is 0 Å². The molecule has 5 nitrogen and oxygen atoms in total. The highest BCUT2D eigenvalue weighted by molar-refractivity contribution is 7.09. The van der Waals surface area contributed by atoms with Gasteiger partial charge < -0.3 is 14.8 Å². The monoisotopic (exact) mass is 372 g/mol. The van der Waals surface area contributed by atoms with Gasteiger partial charge in [-0.25, -0.2) is 9.78 Å². The summed E-state index contributed by atoms with van der Waals surface area (Å²) in [6, 6.07) is 3.04. The van der Waals surface area contributed by atoms with Crippen molar-refractivity contribution in [3.8, 4) is 0 Å². The highest BCUT2D eigenvalue weighted by atomic mass is 32.1. The van der Waals surface area contributed by atoms with Crippen molar-refractivity contribution in [1.82, 2.24) is 19.8 Å². The lowest BCUT2D eigenvalue weighted by atomic mass is 10.1. The van der Waals surface area contributed by atoms with Crippen molar-refractivity contribution in [3.05, 3.63) is 40.1 Å². The molecule has 2 unspecified atom stereocenters. The van der Waals surface area contributed by atoms with E-state index in [1.54, 1.807) is 11.8 Å². The lowest BCUT2D eigenvalue weighted by Gasteiger charge is -2.27. The molecule has 1 aliphatic heterocycles. The number of likely N-dealkylation sites (tertiary alicyclic amines) is 1. The number of carbonyl (C=O) groups is 1. The number of rotatable bonds is 3. The van der Waals surface area contributed by atoms with E-state index < -0.39 is 17.9 Å². The molecule has 1 N–H and O–H groups in total. The van der Waals surface area contributed by atoms with Crippen LogP contribution in [0.1, 0.15) is 48.2 Å². The standard InChI is InChI=1S/C16H19F3N4OS/c1-10(14-21-13(9-25-14)16(17,18)19)20-15(24)23-8-4-6-12(23)11-5-3-7-22(11)2/h3,5,7,9-10,12H,4,6,8H2,1-2H3,(H,20,24). The molecule has 0 radical (unpaired) electrons. The van der Waals surface area contributed by atoms with E-state index in [1.165, 1.54) is 0 Å².